The van der Waals surface area contributed by atoms with Gasteiger partial charge in [0.25, 0.3) is 5.91 Å². The quantitative estimate of drug-likeness (QED) is 0.599. The summed E-state index contributed by atoms with van der Waals surface area (Å²) >= 11 is 1.52. The second kappa shape index (κ2) is 5.89. The van der Waals surface area contributed by atoms with Gasteiger partial charge >= 0.3 is 0 Å². The fraction of sp³-hybridized carbons (Fsp3) is 0.0625. The largest absolute Gasteiger partial charge is 0.346 e. The van der Waals surface area contributed by atoms with Crippen LogP contribution in [-0.4, -0.2) is 25.5 Å². The molecule has 8 heteroatoms. The number of halogens is 1. The molecule has 0 saturated carbocycles. The lowest BCUT2D eigenvalue weighted by atomic mass is 10.1. The molecule has 0 aliphatic carbocycles. The van der Waals surface area contributed by atoms with Crippen LogP contribution in [0, 0.1) is 5.82 Å². The number of fused-ring (bicyclic) bond motifs is 1. The Morgan fingerprint density at radius 1 is 1.38 bits per heavy atom. The summed E-state index contributed by atoms with van der Waals surface area (Å²) in [5.74, 6) is -0.747. The third kappa shape index (κ3) is 2.56. The van der Waals surface area contributed by atoms with E-state index in [-0.39, 0.29) is 12.5 Å². The average molecular weight is 341 g/mol. The molecule has 0 aliphatic rings. The van der Waals surface area contributed by atoms with Crippen molar-refractivity contribution in [2.45, 2.75) is 6.54 Å². The van der Waals surface area contributed by atoms with Crippen molar-refractivity contribution in [1.29, 1.82) is 0 Å². The van der Waals surface area contributed by atoms with Crippen molar-refractivity contribution in [2.75, 3.05) is 0 Å². The van der Waals surface area contributed by atoms with Crippen LogP contribution < -0.4 is 5.32 Å². The molecule has 0 saturated heterocycles. The molecule has 0 bridgehead atoms. The van der Waals surface area contributed by atoms with E-state index in [0.717, 1.165) is 10.7 Å². The summed E-state index contributed by atoms with van der Waals surface area (Å²) in [6.07, 6.45) is 5.16. The van der Waals surface area contributed by atoms with Gasteiger partial charge in [0, 0.05) is 23.3 Å². The van der Waals surface area contributed by atoms with Crippen molar-refractivity contribution in [3.63, 3.8) is 0 Å². The zero-order valence-corrected chi connectivity index (χ0v) is 13.2. The Morgan fingerprint density at radius 3 is 3.08 bits per heavy atom. The van der Waals surface area contributed by atoms with E-state index in [2.05, 4.69) is 20.5 Å². The van der Waals surface area contributed by atoms with Crippen molar-refractivity contribution in [3.8, 4) is 11.3 Å². The Balaban J connectivity index is 1.54. The van der Waals surface area contributed by atoms with E-state index in [1.165, 1.54) is 23.6 Å². The van der Waals surface area contributed by atoms with Crippen molar-refractivity contribution >= 4 is 22.2 Å². The molecule has 0 unspecified atom stereocenters. The minimum atomic E-state index is -0.412. The van der Waals surface area contributed by atoms with E-state index in [4.69, 9.17) is 0 Å². The molecule has 0 fully saturated rings. The predicted molar refractivity (Wildman–Crippen MR) is 88.2 cm³/mol. The minimum Gasteiger partial charge on any atom is -0.346 e. The summed E-state index contributed by atoms with van der Waals surface area (Å²) in [6.45, 7) is 0.287. The SMILES string of the molecule is O=C(NCc1cn2ccsc2n1)c1cn[nH]c1-c1ccccc1F. The molecule has 1 amide bonds. The second-order valence-electron chi connectivity index (χ2n) is 5.15. The van der Waals surface area contributed by atoms with E-state index < -0.39 is 5.82 Å². The number of H-pyrrole nitrogens is 1. The molecule has 0 atom stereocenters. The fourth-order valence-corrected chi connectivity index (χ4v) is 3.17. The number of carbonyl (C=O) groups excluding carboxylic acids is 1. The van der Waals surface area contributed by atoms with Crippen LogP contribution in [-0.2, 0) is 6.54 Å². The average Bonchev–Trinajstić information content (AvgIpc) is 3.28. The molecule has 120 valence electrons. The van der Waals surface area contributed by atoms with Gasteiger partial charge in [0.05, 0.1) is 29.7 Å². The number of thiazole rings is 1. The number of hydrogen-bond donors (Lipinski definition) is 2. The lowest BCUT2D eigenvalue weighted by molar-refractivity contribution is 0.0951. The fourth-order valence-electron chi connectivity index (χ4n) is 2.45. The van der Waals surface area contributed by atoms with E-state index >= 15 is 0 Å². The first-order chi connectivity index (χ1) is 11.7. The standard InChI is InChI=1S/C16H12FN5OS/c17-13-4-2-1-3-11(13)14-12(8-19-21-14)15(23)18-7-10-9-22-5-6-24-16(22)20-10/h1-6,8-9H,7H2,(H,18,23)(H,19,21). The van der Waals surface area contributed by atoms with Gasteiger partial charge in [0.2, 0.25) is 0 Å². The summed E-state index contributed by atoms with van der Waals surface area (Å²) in [7, 11) is 0. The number of imidazole rings is 1. The number of nitrogens with one attached hydrogen (secondary N) is 2. The Morgan fingerprint density at radius 2 is 2.25 bits per heavy atom. The normalized spacial score (nSPS) is 11.0. The first-order valence-corrected chi connectivity index (χ1v) is 8.08. The molecule has 6 nitrogen and oxygen atoms in total. The van der Waals surface area contributed by atoms with Gasteiger partial charge in [0.15, 0.2) is 4.96 Å². The molecular formula is C16H12FN5OS. The maximum atomic E-state index is 13.9. The van der Waals surface area contributed by atoms with Gasteiger partial charge < -0.3 is 5.32 Å². The second-order valence-corrected chi connectivity index (χ2v) is 6.02. The van der Waals surface area contributed by atoms with Gasteiger partial charge in [-0.2, -0.15) is 5.10 Å². The molecule has 0 spiro atoms. The number of carbonyl (C=O) groups is 1. The van der Waals surface area contributed by atoms with Crippen LogP contribution >= 0.6 is 11.3 Å². The molecule has 2 N–H and O–H groups in total. The molecule has 4 aromatic rings. The molecule has 24 heavy (non-hydrogen) atoms. The van der Waals surface area contributed by atoms with E-state index in [9.17, 15) is 9.18 Å². The topological polar surface area (TPSA) is 75.1 Å². The monoisotopic (exact) mass is 341 g/mol. The molecule has 0 aliphatic heterocycles. The first kappa shape index (κ1) is 14.6. The number of aromatic amines is 1. The lowest BCUT2D eigenvalue weighted by Crippen LogP contribution is -2.23. The van der Waals surface area contributed by atoms with Gasteiger partial charge in [-0.1, -0.05) is 12.1 Å². The third-order valence-electron chi connectivity index (χ3n) is 3.60. The van der Waals surface area contributed by atoms with Crippen molar-refractivity contribution in [1.82, 2.24) is 24.9 Å². The van der Waals surface area contributed by atoms with Gasteiger partial charge in [-0.05, 0) is 12.1 Å². The van der Waals surface area contributed by atoms with Gasteiger partial charge in [0.1, 0.15) is 5.82 Å². The summed E-state index contributed by atoms with van der Waals surface area (Å²) in [4.78, 5) is 17.7. The maximum absolute atomic E-state index is 13.9. The van der Waals surface area contributed by atoms with Gasteiger partial charge in [-0.3, -0.25) is 14.3 Å². The summed E-state index contributed by atoms with van der Waals surface area (Å²) in [5, 5.41) is 11.3. The van der Waals surface area contributed by atoms with Crippen LogP contribution in [0.25, 0.3) is 16.2 Å². The lowest BCUT2D eigenvalue weighted by Gasteiger charge is -2.05. The minimum absolute atomic E-state index is 0.287. The zero-order chi connectivity index (χ0) is 16.5. The van der Waals surface area contributed by atoms with Crippen LogP contribution in [0.3, 0.4) is 0 Å². The van der Waals surface area contributed by atoms with Crippen molar-refractivity contribution in [3.05, 3.63) is 65.3 Å². The molecule has 3 aromatic heterocycles. The van der Waals surface area contributed by atoms with Crippen LogP contribution in [0.5, 0.6) is 0 Å². The van der Waals surface area contributed by atoms with Crippen molar-refractivity contribution < 1.29 is 9.18 Å². The highest BCUT2D eigenvalue weighted by Crippen LogP contribution is 2.23. The van der Waals surface area contributed by atoms with Crippen LogP contribution in [0.2, 0.25) is 0 Å². The highest BCUT2D eigenvalue weighted by atomic mass is 32.1. The van der Waals surface area contributed by atoms with Crippen LogP contribution in [0.4, 0.5) is 4.39 Å². The third-order valence-corrected chi connectivity index (χ3v) is 4.37. The number of aromatic nitrogens is 4. The smallest absolute Gasteiger partial charge is 0.255 e. The Labute approximate surface area is 140 Å². The summed E-state index contributed by atoms with van der Waals surface area (Å²) in [6, 6.07) is 6.25. The predicted octanol–water partition coefficient (Wildman–Crippen LogP) is 2.86. The molecule has 4 rings (SSSR count). The summed E-state index contributed by atoms with van der Waals surface area (Å²) in [5.41, 5.74) is 1.71. The Kier molecular flexibility index (Phi) is 3.58. The molecule has 0 radical (unpaired) electrons. The van der Waals surface area contributed by atoms with Crippen LogP contribution in [0.15, 0.2) is 48.2 Å². The first-order valence-electron chi connectivity index (χ1n) is 7.20. The number of amides is 1. The van der Waals surface area contributed by atoms with Crippen molar-refractivity contribution in [2.24, 2.45) is 0 Å². The highest BCUT2D eigenvalue weighted by molar-refractivity contribution is 7.15. The van der Waals surface area contributed by atoms with E-state index in [1.807, 2.05) is 22.2 Å². The Bertz CT molecular complexity index is 990. The maximum Gasteiger partial charge on any atom is 0.255 e. The number of nitrogens with zero attached hydrogens (tertiary/aromatic N) is 3. The summed E-state index contributed by atoms with van der Waals surface area (Å²) < 4.78 is 15.8. The number of hydrogen-bond acceptors (Lipinski definition) is 4. The highest BCUT2D eigenvalue weighted by Gasteiger charge is 2.17. The van der Waals surface area contributed by atoms with E-state index in [1.54, 1.807) is 18.2 Å². The van der Waals surface area contributed by atoms with Gasteiger partial charge in [-0.15, -0.1) is 11.3 Å². The Hall–Kier alpha value is -3.00. The number of benzene rings is 1. The molecular weight excluding hydrogens is 329 g/mol. The van der Waals surface area contributed by atoms with E-state index in [0.29, 0.717) is 16.8 Å². The van der Waals surface area contributed by atoms with Crippen LogP contribution in [0.1, 0.15) is 16.1 Å². The van der Waals surface area contributed by atoms with Gasteiger partial charge in [-0.25, -0.2) is 9.37 Å². The molecule has 3 heterocycles. The molecule has 1 aromatic carbocycles. The number of rotatable bonds is 4. The zero-order valence-electron chi connectivity index (χ0n) is 12.4.